The Morgan fingerprint density at radius 1 is 1.14 bits per heavy atom. The van der Waals surface area contributed by atoms with Gasteiger partial charge in [-0.2, -0.15) is 0 Å². The average Bonchev–Trinajstić information content (AvgIpc) is 3.24. The van der Waals surface area contributed by atoms with E-state index in [0.29, 0.717) is 24.4 Å². The van der Waals surface area contributed by atoms with E-state index >= 15 is 0 Å². The Balaban J connectivity index is 1.47. The minimum absolute atomic E-state index is 0.205. The van der Waals surface area contributed by atoms with Crippen LogP contribution in [-0.4, -0.2) is 42.8 Å². The fourth-order valence-corrected chi connectivity index (χ4v) is 3.03. The number of nitrogens with zero attached hydrogens (tertiary/aromatic N) is 2. The van der Waals surface area contributed by atoms with E-state index in [1.165, 1.54) is 0 Å². The predicted molar refractivity (Wildman–Crippen MR) is 111 cm³/mol. The molecule has 1 aliphatic rings. The summed E-state index contributed by atoms with van der Waals surface area (Å²) in [7, 11) is 0. The van der Waals surface area contributed by atoms with Crippen LogP contribution < -0.4 is 10.1 Å². The molecular formula is C22H27N3O3. The molecule has 1 aliphatic heterocycles. The second-order valence-electron chi connectivity index (χ2n) is 6.60. The molecule has 148 valence electrons. The first kappa shape index (κ1) is 19.9. The average molecular weight is 381 g/mol. The van der Waals surface area contributed by atoms with Crippen molar-refractivity contribution in [3.05, 3.63) is 60.2 Å². The number of amides is 1. The minimum Gasteiger partial charge on any atom is -0.492 e. The number of likely N-dealkylation sites (N-methyl/N-ethyl adjacent to an activating group) is 1. The molecule has 2 aromatic rings. The van der Waals surface area contributed by atoms with Crippen molar-refractivity contribution >= 4 is 17.3 Å². The van der Waals surface area contributed by atoms with Crippen LogP contribution in [0, 0.1) is 0 Å². The highest BCUT2D eigenvalue weighted by molar-refractivity contribution is 6.43. The number of carbonyl (C=O) groups is 1. The third kappa shape index (κ3) is 5.33. The van der Waals surface area contributed by atoms with Crippen LogP contribution >= 0.6 is 0 Å². The third-order valence-electron chi connectivity index (χ3n) is 4.79. The molecule has 0 saturated carbocycles. The van der Waals surface area contributed by atoms with Crippen molar-refractivity contribution in [1.29, 1.82) is 0 Å². The third-order valence-corrected chi connectivity index (χ3v) is 4.79. The van der Waals surface area contributed by atoms with E-state index in [1.54, 1.807) is 0 Å². The molecule has 28 heavy (non-hydrogen) atoms. The molecule has 0 fully saturated rings. The van der Waals surface area contributed by atoms with Gasteiger partial charge in [0.25, 0.3) is 5.91 Å². The first-order chi connectivity index (χ1) is 13.7. The number of nitrogens with one attached hydrogen (secondary N) is 1. The Hall–Kier alpha value is -2.86. The van der Waals surface area contributed by atoms with Gasteiger partial charge in [0.05, 0.1) is 0 Å². The van der Waals surface area contributed by atoms with Crippen LogP contribution in [0.2, 0.25) is 0 Å². The Morgan fingerprint density at radius 3 is 2.54 bits per heavy atom. The highest BCUT2D eigenvalue weighted by atomic mass is 16.6. The van der Waals surface area contributed by atoms with Gasteiger partial charge in [0.2, 0.25) is 0 Å². The number of ether oxygens (including phenoxy) is 1. The molecular weight excluding hydrogens is 354 g/mol. The lowest BCUT2D eigenvalue weighted by molar-refractivity contribution is -0.110. The Morgan fingerprint density at radius 2 is 1.86 bits per heavy atom. The fourth-order valence-electron chi connectivity index (χ4n) is 3.03. The number of hydrogen-bond acceptors (Lipinski definition) is 5. The minimum atomic E-state index is -0.242. The van der Waals surface area contributed by atoms with Gasteiger partial charge in [-0.25, -0.2) is 0 Å². The lowest BCUT2D eigenvalue weighted by atomic mass is 10.0. The van der Waals surface area contributed by atoms with Gasteiger partial charge in [0.15, 0.2) is 6.10 Å². The van der Waals surface area contributed by atoms with Gasteiger partial charge in [-0.1, -0.05) is 49.3 Å². The zero-order chi connectivity index (χ0) is 19.8. The van der Waals surface area contributed by atoms with E-state index in [4.69, 9.17) is 9.57 Å². The SMILES string of the molecule is CCN(CC)CCOc1ccc(NC(=O)C2=NOC(c3ccccc3)C2)cc1. The van der Waals surface area contributed by atoms with Crippen LogP contribution in [0.3, 0.4) is 0 Å². The normalized spacial score (nSPS) is 15.8. The largest absolute Gasteiger partial charge is 0.492 e. The van der Waals surface area contributed by atoms with E-state index in [-0.39, 0.29) is 12.0 Å². The molecule has 6 nitrogen and oxygen atoms in total. The van der Waals surface area contributed by atoms with Gasteiger partial charge in [-0.05, 0) is 42.9 Å². The standard InChI is InChI=1S/C22H27N3O3/c1-3-25(4-2)14-15-27-19-12-10-18(11-13-19)23-22(26)20-16-21(28-24-20)17-8-6-5-7-9-17/h5-13,21H,3-4,14-16H2,1-2H3,(H,23,26). The van der Waals surface area contributed by atoms with E-state index in [1.807, 2.05) is 54.6 Å². The highest BCUT2D eigenvalue weighted by Gasteiger charge is 2.27. The van der Waals surface area contributed by atoms with Crippen LogP contribution in [0.1, 0.15) is 31.9 Å². The molecule has 0 saturated heterocycles. The zero-order valence-electron chi connectivity index (χ0n) is 16.4. The summed E-state index contributed by atoms with van der Waals surface area (Å²) in [5, 5.41) is 6.82. The van der Waals surface area contributed by atoms with Gasteiger partial charge in [-0.3, -0.25) is 4.79 Å². The summed E-state index contributed by atoms with van der Waals surface area (Å²) >= 11 is 0. The van der Waals surface area contributed by atoms with E-state index in [2.05, 4.69) is 29.2 Å². The second kappa shape index (κ2) is 9.90. The fraction of sp³-hybridized carbons (Fsp3) is 0.364. The molecule has 1 N–H and O–H groups in total. The number of benzene rings is 2. The summed E-state index contributed by atoms with van der Waals surface area (Å²) < 4.78 is 5.76. The summed E-state index contributed by atoms with van der Waals surface area (Å²) in [6.07, 6.45) is 0.256. The van der Waals surface area contributed by atoms with Crippen LogP contribution in [0.15, 0.2) is 59.8 Å². The lowest BCUT2D eigenvalue weighted by Gasteiger charge is -2.18. The number of rotatable bonds is 9. The summed E-state index contributed by atoms with van der Waals surface area (Å²) in [4.78, 5) is 20.2. The summed E-state index contributed by atoms with van der Waals surface area (Å²) in [6, 6.07) is 17.2. The van der Waals surface area contributed by atoms with Crippen molar-refractivity contribution in [3.63, 3.8) is 0 Å². The number of carbonyl (C=O) groups excluding carboxylic acids is 1. The van der Waals surface area contributed by atoms with Crippen molar-refractivity contribution in [3.8, 4) is 5.75 Å². The van der Waals surface area contributed by atoms with Gasteiger partial charge >= 0.3 is 0 Å². The summed E-state index contributed by atoms with van der Waals surface area (Å²) in [6.45, 7) is 7.86. The van der Waals surface area contributed by atoms with E-state index in [9.17, 15) is 4.79 Å². The van der Waals surface area contributed by atoms with E-state index in [0.717, 1.165) is 30.9 Å². The van der Waals surface area contributed by atoms with Crippen LogP contribution in [-0.2, 0) is 9.63 Å². The zero-order valence-corrected chi connectivity index (χ0v) is 16.4. The van der Waals surface area contributed by atoms with Crippen LogP contribution in [0.5, 0.6) is 5.75 Å². The van der Waals surface area contributed by atoms with Gasteiger partial charge in [-0.15, -0.1) is 0 Å². The number of oxime groups is 1. The highest BCUT2D eigenvalue weighted by Crippen LogP contribution is 2.27. The summed E-state index contributed by atoms with van der Waals surface area (Å²) in [5.74, 6) is 0.546. The first-order valence-corrected chi connectivity index (χ1v) is 9.73. The van der Waals surface area contributed by atoms with Crippen LogP contribution in [0.25, 0.3) is 0 Å². The molecule has 1 atom stereocenters. The number of hydrogen-bond donors (Lipinski definition) is 1. The maximum atomic E-state index is 12.4. The molecule has 1 amide bonds. The van der Waals surface area contributed by atoms with Crippen molar-refractivity contribution in [2.24, 2.45) is 5.16 Å². The molecule has 6 heteroatoms. The monoisotopic (exact) mass is 381 g/mol. The van der Waals surface area contributed by atoms with Gasteiger partial charge in [0, 0.05) is 18.7 Å². The van der Waals surface area contributed by atoms with Gasteiger partial charge in [0.1, 0.15) is 18.1 Å². The molecule has 3 rings (SSSR count). The molecule has 0 aromatic heterocycles. The molecule has 0 radical (unpaired) electrons. The predicted octanol–water partition coefficient (Wildman–Crippen LogP) is 3.86. The smallest absolute Gasteiger partial charge is 0.273 e. The Labute approximate surface area is 166 Å². The molecule has 1 unspecified atom stereocenters. The van der Waals surface area contributed by atoms with E-state index < -0.39 is 0 Å². The van der Waals surface area contributed by atoms with Crippen molar-refractivity contribution < 1.29 is 14.4 Å². The maximum Gasteiger partial charge on any atom is 0.273 e. The molecule has 2 aromatic carbocycles. The first-order valence-electron chi connectivity index (χ1n) is 9.73. The van der Waals surface area contributed by atoms with Crippen LogP contribution in [0.4, 0.5) is 5.69 Å². The van der Waals surface area contributed by atoms with Crippen molar-refractivity contribution in [2.75, 3.05) is 31.6 Å². The number of anilines is 1. The Bertz CT molecular complexity index is 786. The Kier molecular flexibility index (Phi) is 7.03. The molecule has 0 bridgehead atoms. The maximum absolute atomic E-state index is 12.4. The second-order valence-corrected chi connectivity index (χ2v) is 6.60. The summed E-state index contributed by atoms with van der Waals surface area (Å²) in [5.41, 5.74) is 2.11. The van der Waals surface area contributed by atoms with Crippen molar-refractivity contribution in [2.45, 2.75) is 26.4 Å². The van der Waals surface area contributed by atoms with Crippen molar-refractivity contribution in [1.82, 2.24) is 4.90 Å². The molecule has 0 spiro atoms. The van der Waals surface area contributed by atoms with Gasteiger partial charge < -0.3 is 19.8 Å². The quantitative estimate of drug-likeness (QED) is 0.716. The lowest BCUT2D eigenvalue weighted by Crippen LogP contribution is -2.27. The molecule has 0 aliphatic carbocycles. The topological polar surface area (TPSA) is 63.2 Å². The molecule has 1 heterocycles.